The van der Waals surface area contributed by atoms with Crippen LogP contribution in [0.3, 0.4) is 0 Å². The van der Waals surface area contributed by atoms with Crippen molar-refractivity contribution in [3.05, 3.63) is 59.2 Å². The number of carbonyl (C=O) groups excluding carboxylic acids is 1. The van der Waals surface area contributed by atoms with Crippen LogP contribution in [0.1, 0.15) is 15.9 Å². The Morgan fingerprint density at radius 1 is 1.06 bits per heavy atom. The summed E-state index contributed by atoms with van der Waals surface area (Å²) in [6, 6.07) is 8.62. The molecule has 2 aliphatic heterocycles. The van der Waals surface area contributed by atoms with Gasteiger partial charge in [0.15, 0.2) is 11.5 Å². The highest BCUT2D eigenvalue weighted by molar-refractivity contribution is 5.95. The van der Waals surface area contributed by atoms with E-state index in [4.69, 9.17) is 14.2 Å². The third-order valence-electron chi connectivity index (χ3n) is 5.88. The van der Waals surface area contributed by atoms with Gasteiger partial charge in [0.2, 0.25) is 0 Å². The molecule has 0 bridgehead atoms. The van der Waals surface area contributed by atoms with E-state index in [0.29, 0.717) is 68.6 Å². The van der Waals surface area contributed by atoms with E-state index in [9.17, 15) is 13.6 Å². The van der Waals surface area contributed by atoms with E-state index in [1.165, 1.54) is 13.2 Å². The zero-order valence-corrected chi connectivity index (χ0v) is 17.7. The average molecular weight is 432 g/mol. The zero-order valence-electron chi connectivity index (χ0n) is 17.7. The number of amides is 1. The summed E-state index contributed by atoms with van der Waals surface area (Å²) in [7, 11) is 3.08. The molecular weight excluding hydrogens is 406 g/mol. The fourth-order valence-corrected chi connectivity index (χ4v) is 4.43. The van der Waals surface area contributed by atoms with Crippen molar-refractivity contribution in [1.82, 2.24) is 9.80 Å². The highest BCUT2D eigenvalue weighted by Gasteiger charge is 2.46. The molecule has 31 heavy (non-hydrogen) atoms. The van der Waals surface area contributed by atoms with E-state index in [1.807, 2.05) is 4.90 Å². The second-order valence-corrected chi connectivity index (χ2v) is 8.23. The number of carbonyl (C=O) groups is 1. The van der Waals surface area contributed by atoms with Crippen LogP contribution in [0, 0.1) is 17.0 Å². The van der Waals surface area contributed by atoms with Crippen LogP contribution in [0.4, 0.5) is 8.78 Å². The first kappa shape index (κ1) is 21.5. The molecule has 0 radical (unpaired) electrons. The Bertz CT molecular complexity index is 963. The number of rotatable bonds is 5. The Kier molecular flexibility index (Phi) is 6.11. The van der Waals surface area contributed by atoms with Gasteiger partial charge in [-0.05, 0) is 36.4 Å². The lowest BCUT2D eigenvalue weighted by molar-refractivity contribution is -0.0609. The number of halogens is 2. The SMILES string of the molecule is COc1ccc(C(=O)N2CCOCC3(CN(Cc4cc(F)ccc4F)C3)C2)cc1OC. The normalized spacial score (nSPS) is 18.4. The molecule has 2 aliphatic rings. The smallest absolute Gasteiger partial charge is 0.254 e. The molecule has 8 heteroatoms. The van der Waals surface area contributed by atoms with Crippen molar-refractivity contribution in [3.8, 4) is 11.5 Å². The summed E-state index contributed by atoms with van der Waals surface area (Å²) in [6.45, 7) is 3.66. The first-order valence-electron chi connectivity index (χ1n) is 10.2. The standard InChI is InChI=1S/C23H26F2N2O4/c1-29-20-6-3-16(10-21(20)30-2)22(28)27-7-8-31-15-23(14-27)12-26(13-23)11-17-9-18(24)4-5-19(17)25/h3-6,9-10H,7-8,11-15H2,1-2H3. The van der Waals surface area contributed by atoms with Crippen molar-refractivity contribution in [3.63, 3.8) is 0 Å². The van der Waals surface area contributed by atoms with Gasteiger partial charge in [-0.25, -0.2) is 8.78 Å². The molecule has 2 aromatic rings. The van der Waals surface area contributed by atoms with Crippen LogP contribution in [-0.4, -0.2) is 69.3 Å². The predicted octanol–water partition coefficient (Wildman–Crippen LogP) is 2.96. The van der Waals surface area contributed by atoms with Gasteiger partial charge in [-0.3, -0.25) is 9.69 Å². The number of ether oxygens (including phenoxy) is 3. The maximum absolute atomic E-state index is 14.0. The largest absolute Gasteiger partial charge is 0.493 e. The third kappa shape index (κ3) is 4.50. The monoisotopic (exact) mass is 432 g/mol. The molecule has 0 atom stereocenters. The number of hydrogen-bond donors (Lipinski definition) is 0. The van der Waals surface area contributed by atoms with E-state index >= 15 is 0 Å². The van der Waals surface area contributed by atoms with E-state index in [0.717, 1.165) is 12.1 Å². The van der Waals surface area contributed by atoms with Gasteiger partial charge in [-0.1, -0.05) is 0 Å². The minimum absolute atomic E-state index is 0.0968. The number of nitrogens with zero attached hydrogens (tertiary/aromatic N) is 2. The topological polar surface area (TPSA) is 51.2 Å². The highest BCUT2D eigenvalue weighted by atomic mass is 19.1. The zero-order chi connectivity index (χ0) is 22.0. The number of hydrogen-bond acceptors (Lipinski definition) is 5. The summed E-state index contributed by atoms with van der Waals surface area (Å²) in [4.78, 5) is 17.0. The lowest BCUT2D eigenvalue weighted by atomic mass is 9.79. The lowest BCUT2D eigenvalue weighted by Crippen LogP contribution is -2.62. The molecule has 0 aliphatic carbocycles. The summed E-state index contributed by atoms with van der Waals surface area (Å²) in [6.07, 6.45) is 0. The average Bonchev–Trinajstić information content (AvgIpc) is 2.98. The van der Waals surface area contributed by atoms with Gasteiger partial charge < -0.3 is 19.1 Å². The van der Waals surface area contributed by atoms with Gasteiger partial charge in [0.05, 0.1) is 27.4 Å². The minimum Gasteiger partial charge on any atom is -0.493 e. The predicted molar refractivity (Wildman–Crippen MR) is 110 cm³/mol. The third-order valence-corrected chi connectivity index (χ3v) is 5.88. The van der Waals surface area contributed by atoms with E-state index in [2.05, 4.69) is 0 Å². The molecule has 6 nitrogen and oxygen atoms in total. The summed E-state index contributed by atoms with van der Waals surface area (Å²) in [5, 5.41) is 0. The molecule has 2 saturated heterocycles. The van der Waals surface area contributed by atoms with Crippen molar-refractivity contribution in [2.24, 2.45) is 5.41 Å². The van der Waals surface area contributed by atoms with Crippen molar-refractivity contribution in [1.29, 1.82) is 0 Å². The summed E-state index contributed by atoms with van der Waals surface area (Å²) in [5.74, 6) is 0.108. The summed E-state index contributed by atoms with van der Waals surface area (Å²) < 4.78 is 43.8. The molecule has 1 amide bonds. The lowest BCUT2D eigenvalue weighted by Gasteiger charge is -2.50. The Hall–Kier alpha value is -2.71. The van der Waals surface area contributed by atoms with Gasteiger partial charge in [-0.15, -0.1) is 0 Å². The molecule has 4 rings (SSSR count). The Labute approximate surface area is 180 Å². The second kappa shape index (κ2) is 8.80. The fraction of sp³-hybridized carbons (Fsp3) is 0.435. The molecule has 0 unspecified atom stereocenters. The Balaban J connectivity index is 1.44. The molecule has 1 spiro atoms. The number of methoxy groups -OCH3 is 2. The van der Waals surface area contributed by atoms with Crippen LogP contribution < -0.4 is 9.47 Å². The van der Waals surface area contributed by atoms with Crippen LogP contribution in [0.2, 0.25) is 0 Å². The van der Waals surface area contributed by atoms with E-state index in [-0.39, 0.29) is 11.3 Å². The Morgan fingerprint density at radius 2 is 1.84 bits per heavy atom. The molecule has 0 aromatic heterocycles. The number of likely N-dealkylation sites (tertiary alicyclic amines) is 1. The van der Waals surface area contributed by atoms with Gasteiger partial charge in [0.25, 0.3) is 5.91 Å². The van der Waals surface area contributed by atoms with Crippen LogP contribution in [0.15, 0.2) is 36.4 Å². The first-order chi connectivity index (χ1) is 14.9. The fourth-order valence-electron chi connectivity index (χ4n) is 4.43. The van der Waals surface area contributed by atoms with Gasteiger partial charge in [-0.2, -0.15) is 0 Å². The summed E-state index contributed by atoms with van der Waals surface area (Å²) >= 11 is 0. The molecule has 2 heterocycles. The van der Waals surface area contributed by atoms with Crippen molar-refractivity contribution in [2.45, 2.75) is 6.54 Å². The van der Waals surface area contributed by atoms with Crippen LogP contribution in [0.5, 0.6) is 11.5 Å². The first-order valence-corrected chi connectivity index (χ1v) is 10.2. The Morgan fingerprint density at radius 3 is 2.58 bits per heavy atom. The van der Waals surface area contributed by atoms with Gasteiger partial charge >= 0.3 is 0 Å². The van der Waals surface area contributed by atoms with Gasteiger partial charge in [0, 0.05) is 49.3 Å². The van der Waals surface area contributed by atoms with Crippen LogP contribution in [0.25, 0.3) is 0 Å². The van der Waals surface area contributed by atoms with E-state index in [1.54, 1.807) is 30.2 Å². The molecule has 166 valence electrons. The second-order valence-electron chi connectivity index (χ2n) is 8.23. The van der Waals surface area contributed by atoms with Gasteiger partial charge in [0.1, 0.15) is 11.6 Å². The molecule has 2 aromatic carbocycles. The number of benzene rings is 2. The van der Waals surface area contributed by atoms with Crippen LogP contribution in [-0.2, 0) is 11.3 Å². The van der Waals surface area contributed by atoms with Crippen LogP contribution >= 0.6 is 0 Å². The van der Waals surface area contributed by atoms with Crippen molar-refractivity contribution < 1.29 is 27.8 Å². The summed E-state index contributed by atoms with van der Waals surface area (Å²) in [5.41, 5.74) is 0.641. The maximum Gasteiger partial charge on any atom is 0.254 e. The van der Waals surface area contributed by atoms with Crippen molar-refractivity contribution >= 4 is 5.91 Å². The molecular formula is C23H26F2N2O4. The van der Waals surface area contributed by atoms with Crippen molar-refractivity contribution in [2.75, 3.05) is 53.6 Å². The molecule has 0 saturated carbocycles. The highest BCUT2D eigenvalue weighted by Crippen LogP contribution is 2.35. The molecule has 2 fully saturated rings. The maximum atomic E-state index is 14.0. The molecule has 0 N–H and O–H groups in total. The quantitative estimate of drug-likeness (QED) is 0.727. The minimum atomic E-state index is -0.448. The van der Waals surface area contributed by atoms with E-state index < -0.39 is 11.6 Å².